The molecule has 2 atom stereocenters. The van der Waals surface area contributed by atoms with Crippen LogP contribution in [-0.4, -0.2) is 20.7 Å². The summed E-state index contributed by atoms with van der Waals surface area (Å²) in [6, 6.07) is 11.1. The molecule has 6 nitrogen and oxygen atoms in total. The van der Waals surface area contributed by atoms with E-state index >= 15 is 0 Å². The number of carbonyl (C=O) groups is 1. The summed E-state index contributed by atoms with van der Waals surface area (Å²) in [6.07, 6.45) is -2.10. The molecule has 2 heterocycles. The maximum absolute atomic E-state index is 13.6. The first kappa shape index (κ1) is 19.3. The van der Waals surface area contributed by atoms with Crippen LogP contribution >= 0.6 is 0 Å². The molecule has 2 aromatic carbocycles. The number of aryl methyl sites for hydroxylation is 1. The maximum atomic E-state index is 13.6. The van der Waals surface area contributed by atoms with Gasteiger partial charge in [-0.2, -0.15) is 18.4 Å². The molecule has 3 aromatic rings. The average Bonchev–Trinajstić information content (AvgIpc) is 3.31. The van der Waals surface area contributed by atoms with Gasteiger partial charge in [0, 0.05) is 24.2 Å². The van der Waals surface area contributed by atoms with Gasteiger partial charge in [-0.05, 0) is 47.7 Å². The molecule has 0 unspecified atom stereocenters. The number of aromatic nitrogens is 3. The number of nitrogens with zero attached hydrogens (tertiary/aromatic N) is 5. The van der Waals surface area contributed by atoms with Gasteiger partial charge in [0.2, 0.25) is 0 Å². The van der Waals surface area contributed by atoms with E-state index in [0.717, 1.165) is 23.9 Å². The Morgan fingerprint density at radius 3 is 2.68 bits per heavy atom. The molecule has 1 fully saturated rings. The maximum Gasteiger partial charge on any atom is 0.416 e. The van der Waals surface area contributed by atoms with E-state index in [-0.39, 0.29) is 35.1 Å². The standard InChI is InChI=1S/C22H16F3N5O/c1-29-11-27-28-20(29)16-8-15(16)13-3-2-4-14(7-13)30-10-18-17(21(30)31)5-12(9-26)6-19(18)22(23,24)25/h2-7,11,15-16H,8,10H2,1H3/t15-,16-/m1/s1. The molecule has 0 N–H and O–H groups in total. The van der Waals surface area contributed by atoms with Crippen molar-refractivity contribution >= 4 is 11.6 Å². The number of benzene rings is 2. The zero-order valence-electron chi connectivity index (χ0n) is 16.4. The van der Waals surface area contributed by atoms with Gasteiger partial charge in [0.15, 0.2) is 0 Å². The number of hydrogen-bond donors (Lipinski definition) is 0. The molecule has 1 aliphatic heterocycles. The number of carbonyl (C=O) groups excluding carboxylic acids is 1. The lowest BCUT2D eigenvalue weighted by Crippen LogP contribution is -2.23. The molecule has 1 aromatic heterocycles. The Morgan fingerprint density at radius 1 is 1.19 bits per heavy atom. The fourth-order valence-corrected chi connectivity index (χ4v) is 4.33. The van der Waals surface area contributed by atoms with E-state index in [0.29, 0.717) is 5.69 Å². The summed E-state index contributed by atoms with van der Waals surface area (Å²) in [5, 5.41) is 17.2. The van der Waals surface area contributed by atoms with Crippen molar-refractivity contribution in [2.45, 2.75) is 31.0 Å². The molecule has 0 radical (unpaired) electrons. The van der Waals surface area contributed by atoms with Crippen LogP contribution in [0.3, 0.4) is 0 Å². The van der Waals surface area contributed by atoms with Crippen molar-refractivity contribution in [2.24, 2.45) is 7.05 Å². The third-order valence-electron chi connectivity index (χ3n) is 5.95. The van der Waals surface area contributed by atoms with Gasteiger partial charge in [-0.15, -0.1) is 10.2 Å². The SMILES string of the molecule is Cn1cnnc1[C@@H]1C[C@@H]1c1cccc(N2Cc3c(cc(C#N)cc3C(F)(F)F)C2=O)c1. The summed E-state index contributed by atoms with van der Waals surface area (Å²) in [5.74, 6) is 0.803. The summed E-state index contributed by atoms with van der Waals surface area (Å²) in [6.45, 7) is -0.185. The predicted octanol–water partition coefficient (Wildman–Crippen LogP) is 4.14. The van der Waals surface area contributed by atoms with E-state index in [1.807, 2.05) is 23.7 Å². The highest BCUT2D eigenvalue weighted by atomic mass is 19.4. The third kappa shape index (κ3) is 3.15. The van der Waals surface area contributed by atoms with Crippen molar-refractivity contribution < 1.29 is 18.0 Å². The molecule has 9 heteroatoms. The fourth-order valence-electron chi connectivity index (χ4n) is 4.33. The van der Waals surface area contributed by atoms with Crippen molar-refractivity contribution in [3.8, 4) is 6.07 Å². The van der Waals surface area contributed by atoms with E-state index in [1.165, 1.54) is 11.0 Å². The van der Waals surface area contributed by atoms with E-state index < -0.39 is 17.6 Å². The van der Waals surface area contributed by atoms with Gasteiger partial charge >= 0.3 is 6.18 Å². The number of hydrogen-bond acceptors (Lipinski definition) is 4. The van der Waals surface area contributed by atoms with Gasteiger partial charge in [0.05, 0.1) is 23.7 Å². The first-order valence-electron chi connectivity index (χ1n) is 9.68. The summed E-state index contributed by atoms with van der Waals surface area (Å²) >= 11 is 0. The van der Waals surface area contributed by atoms with Crippen LogP contribution < -0.4 is 4.90 Å². The highest BCUT2D eigenvalue weighted by molar-refractivity contribution is 6.10. The summed E-state index contributed by atoms with van der Waals surface area (Å²) in [5.41, 5.74) is 0.264. The van der Waals surface area contributed by atoms with Crippen LogP contribution in [0.15, 0.2) is 42.7 Å². The Bertz CT molecular complexity index is 1260. The largest absolute Gasteiger partial charge is 0.416 e. The van der Waals surface area contributed by atoms with Crippen LogP contribution in [0.4, 0.5) is 18.9 Å². The number of rotatable bonds is 3. The van der Waals surface area contributed by atoms with Gasteiger partial charge in [-0.3, -0.25) is 4.79 Å². The lowest BCUT2D eigenvalue weighted by atomic mass is 9.99. The minimum absolute atomic E-state index is 0.0693. The van der Waals surface area contributed by atoms with Crippen molar-refractivity contribution in [1.29, 1.82) is 5.26 Å². The molecule has 0 spiro atoms. The zero-order chi connectivity index (χ0) is 21.9. The molecule has 1 saturated carbocycles. The second-order valence-corrected chi connectivity index (χ2v) is 7.89. The Kier molecular flexibility index (Phi) is 4.15. The molecule has 5 rings (SSSR count). The van der Waals surface area contributed by atoms with Gasteiger partial charge in [0.1, 0.15) is 12.2 Å². The van der Waals surface area contributed by atoms with Crippen LogP contribution in [0.25, 0.3) is 0 Å². The average molecular weight is 423 g/mol. The minimum atomic E-state index is -4.65. The normalized spacial score (nSPS) is 20.0. The second kappa shape index (κ2) is 6.67. The quantitative estimate of drug-likeness (QED) is 0.635. The number of anilines is 1. The Morgan fingerprint density at radius 2 is 2.00 bits per heavy atom. The topological polar surface area (TPSA) is 74.8 Å². The number of halogens is 3. The predicted molar refractivity (Wildman–Crippen MR) is 104 cm³/mol. The molecule has 0 bridgehead atoms. The first-order chi connectivity index (χ1) is 14.8. The summed E-state index contributed by atoms with van der Waals surface area (Å²) < 4.78 is 42.5. The van der Waals surface area contributed by atoms with E-state index in [1.54, 1.807) is 24.5 Å². The molecular formula is C22H16F3N5O. The van der Waals surface area contributed by atoms with Crippen LogP contribution in [0.2, 0.25) is 0 Å². The van der Waals surface area contributed by atoms with Crippen LogP contribution in [0, 0.1) is 11.3 Å². The zero-order valence-corrected chi connectivity index (χ0v) is 16.4. The fraction of sp³-hybridized carbons (Fsp3) is 0.273. The van der Waals surface area contributed by atoms with Crippen LogP contribution in [0.1, 0.15) is 56.7 Å². The van der Waals surface area contributed by atoms with Crippen LogP contribution in [-0.2, 0) is 19.8 Å². The van der Waals surface area contributed by atoms with Gasteiger partial charge < -0.3 is 9.47 Å². The second-order valence-electron chi connectivity index (χ2n) is 7.89. The lowest BCUT2D eigenvalue weighted by Gasteiger charge is -2.17. The van der Waals surface area contributed by atoms with Gasteiger partial charge in [-0.1, -0.05) is 12.1 Å². The molecule has 1 aliphatic carbocycles. The molecule has 156 valence electrons. The monoisotopic (exact) mass is 423 g/mol. The van der Waals surface area contributed by atoms with E-state index in [4.69, 9.17) is 5.26 Å². The first-order valence-corrected chi connectivity index (χ1v) is 9.68. The Balaban J connectivity index is 1.47. The van der Waals surface area contributed by atoms with Crippen molar-refractivity contribution in [3.05, 3.63) is 76.4 Å². The smallest absolute Gasteiger partial charge is 0.320 e. The molecule has 0 saturated heterocycles. The third-order valence-corrected chi connectivity index (χ3v) is 5.95. The highest BCUT2D eigenvalue weighted by Crippen LogP contribution is 2.54. The lowest BCUT2D eigenvalue weighted by molar-refractivity contribution is -0.138. The van der Waals surface area contributed by atoms with Crippen LogP contribution in [0.5, 0.6) is 0 Å². The van der Waals surface area contributed by atoms with E-state index in [2.05, 4.69) is 10.2 Å². The number of fused-ring (bicyclic) bond motifs is 1. The molecule has 1 amide bonds. The summed E-state index contributed by atoms with van der Waals surface area (Å²) in [7, 11) is 1.88. The highest BCUT2D eigenvalue weighted by Gasteiger charge is 2.43. The molecule has 31 heavy (non-hydrogen) atoms. The Hall–Kier alpha value is -3.67. The summed E-state index contributed by atoms with van der Waals surface area (Å²) in [4.78, 5) is 14.3. The van der Waals surface area contributed by atoms with Crippen molar-refractivity contribution in [2.75, 3.05) is 4.90 Å². The number of nitriles is 1. The van der Waals surface area contributed by atoms with Crippen molar-refractivity contribution in [3.63, 3.8) is 0 Å². The molecule has 2 aliphatic rings. The number of amides is 1. The van der Waals surface area contributed by atoms with Gasteiger partial charge in [0.25, 0.3) is 5.91 Å². The molecular weight excluding hydrogens is 407 g/mol. The van der Waals surface area contributed by atoms with E-state index in [9.17, 15) is 18.0 Å². The van der Waals surface area contributed by atoms with Gasteiger partial charge in [-0.25, -0.2) is 0 Å². The minimum Gasteiger partial charge on any atom is -0.320 e. The Labute approximate surface area is 175 Å². The number of alkyl halides is 3. The van der Waals surface area contributed by atoms with Crippen molar-refractivity contribution in [1.82, 2.24) is 14.8 Å².